The maximum Gasteiger partial charge on any atom is 0.411 e. The van der Waals surface area contributed by atoms with Gasteiger partial charge in [-0.3, -0.25) is 9.69 Å². The first-order chi connectivity index (χ1) is 10.3. The maximum atomic E-state index is 12.6. The number of carbonyl (C=O) groups is 2. The van der Waals surface area contributed by atoms with E-state index in [1.54, 1.807) is 0 Å². The molecule has 1 aromatic heterocycles. The van der Waals surface area contributed by atoms with Crippen LogP contribution in [0.25, 0.3) is 0 Å². The van der Waals surface area contributed by atoms with Crippen LogP contribution >= 0.6 is 27.3 Å². The molecule has 1 aliphatic rings. The molecule has 0 aromatic carbocycles. The number of Topliss-reactive ketones (excluding diaryl/α,β-unsaturated/α-hetero) is 1. The summed E-state index contributed by atoms with van der Waals surface area (Å²) in [4.78, 5) is 27.3. The van der Waals surface area contributed by atoms with E-state index in [4.69, 9.17) is 9.47 Å². The topological polar surface area (TPSA) is 55.8 Å². The van der Waals surface area contributed by atoms with Gasteiger partial charge >= 0.3 is 6.09 Å². The number of rotatable bonds is 3. The van der Waals surface area contributed by atoms with Gasteiger partial charge in [0.2, 0.25) is 0 Å². The monoisotopic (exact) mass is 389 g/mol. The standard InChI is InChI=1S/C15H20BrNO4S/c1-15(2,3)21-14(19)17-5-6-20-9-11(17)12(18)8-13-10(16)4-7-22-13/h4,7,11H,5-6,8-9H2,1-3H3. The molecule has 2 heterocycles. The summed E-state index contributed by atoms with van der Waals surface area (Å²) >= 11 is 4.94. The van der Waals surface area contributed by atoms with Crippen molar-refractivity contribution in [2.75, 3.05) is 19.8 Å². The molecule has 1 unspecified atom stereocenters. The third kappa shape index (κ3) is 4.54. The lowest BCUT2D eigenvalue weighted by molar-refractivity contribution is -0.129. The average molecular weight is 390 g/mol. The highest BCUT2D eigenvalue weighted by atomic mass is 79.9. The van der Waals surface area contributed by atoms with Crippen LogP contribution in [0.15, 0.2) is 15.9 Å². The van der Waals surface area contributed by atoms with Gasteiger partial charge in [0.1, 0.15) is 11.6 Å². The van der Waals surface area contributed by atoms with Gasteiger partial charge in [0.05, 0.1) is 13.2 Å². The van der Waals surface area contributed by atoms with Crippen molar-refractivity contribution in [2.24, 2.45) is 0 Å². The minimum Gasteiger partial charge on any atom is -0.444 e. The summed E-state index contributed by atoms with van der Waals surface area (Å²) in [5, 5.41) is 1.93. The van der Waals surface area contributed by atoms with Crippen LogP contribution in [0.4, 0.5) is 4.79 Å². The van der Waals surface area contributed by atoms with Crippen LogP contribution < -0.4 is 0 Å². The Kier molecular flexibility index (Phi) is 5.63. The van der Waals surface area contributed by atoms with Crippen molar-refractivity contribution >= 4 is 39.1 Å². The first-order valence-electron chi connectivity index (χ1n) is 7.10. The number of morpholine rings is 1. The van der Waals surface area contributed by atoms with E-state index in [2.05, 4.69) is 15.9 Å². The lowest BCUT2D eigenvalue weighted by Crippen LogP contribution is -2.54. The molecule has 1 atom stereocenters. The van der Waals surface area contributed by atoms with Crippen LogP contribution in [0.3, 0.4) is 0 Å². The van der Waals surface area contributed by atoms with Gasteiger partial charge < -0.3 is 9.47 Å². The lowest BCUT2D eigenvalue weighted by atomic mass is 10.1. The van der Waals surface area contributed by atoms with E-state index >= 15 is 0 Å². The Morgan fingerprint density at radius 1 is 1.50 bits per heavy atom. The predicted molar refractivity (Wildman–Crippen MR) is 88.3 cm³/mol. The molecule has 1 saturated heterocycles. The maximum absolute atomic E-state index is 12.6. The molecule has 1 aliphatic heterocycles. The minimum absolute atomic E-state index is 0.0336. The van der Waals surface area contributed by atoms with Crippen molar-refractivity contribution < 1.29 is 19.1 Å². The molecule has 0 N–H and O–H groups in total. The summed E-state index contributed by atoms with van der Waals surface area (Å²) in [6.07, 6.45) is -0.176. The van der Waals surface area contributed by atoms with E-state index in [1.165, 1.54) is 16.2 Å². The van der Waals surface area contributed by atoms with Crippen molar-refractivity contribution in [2.45, 2.75) is 38.8 Å². The number of carbonyl (C=O) groups excluding carboxylic acids is 2. The molecular weight excluding hydrogens is 370 g/mol. The van der Waals surface area contributed by atoms with Gasteiger partial charge in [0, 0.05) is 22.3 Å². The molecule has 1 fully saturated rings. The van der Waals surface area contributed by atoms with Crippen molar-refractivity contribution in [3.8, 4) is 0 Å². The van der Waals surface area contributed by atoms with Gasteiger partial charge in [0.15, 0.2) is 5.78 Å². The molecule has 5 nitrogen and oxygen atoms in total. The first kappa shape index (κ1) is 17.4. The fourth-order valence-electron chi connectivity index (χ4n) is 2.14. The number of hydrogen-bond acceptors (Lipinski definition) is 5. The number of ketones is 1. The summed E-state index contributed by atoms with van der Waals surface area (Å²) < 4.78 is 11.7. The van der Waals surface area contributed by atoms with E-state index in [0.717, 1.165) is 9.35 Å². The van der Waals surface area contributed by atoms with Crippen molar-refractivity contribution in [3.63, 3.8) is 0 Å². The Balaban J connectivity index is 2.07. The third-order valence-corrected chi connectivity index (χ3v) is 5.08. The highest BCUT2D eigenvalue weighted by molar-refractivity contribution is 9.10. The predicted octanol–water partition coefficient (Wildman–Crippen LogP) is 3.26. The van der Waals surface area contributed by atoms with Gasteiger partial charge in [-0.25, -0.2) is 4.79 Å². The van der Waals surface area contributed by atoms with E-state index < -0.39 is 17.7 Å². The van der Waals surface area contributed by atoms with Crippen LogP contribution in [-0.4, -0.2) is 48.2 Å². The third-order valence-electron chi connectivity index (χ3n) is 3.15. The fraction of sp³-hybridized carbons (Fsp3) is 0.600. The quantitative estimate of drug-likeness (QED) is 0.795. The zero-order valence-electron chi connectivity index (χ0n) is 12.9. The van der Waals surface area contributed by atoms with Crippen LogP contribution in [0, 0.1) is 0 Å². The Morgan fingerprint density at radius 2 is 2.23 bits per heavy atom. The Bertz CT molecular complexity index is 552. The highest BCUT2D eigenvalue weighted by Crippen LogP contribution is 2.25. The Morgan fingerprint density at radius 3 is 2.82 bits per heavy atom. The first-order valence-corrected chi connectivity index (χ1v) is 8.77. The van der Waals surface area contributed by atoms with Crippen molar-refractivity contribution in [3.05, 3.63) is 20.8 Å². The number of nitrogens with zero attached hydrogens (tertiary/aromatic N) is 1. The molecule has 122 valence electrons. The second-order valence-corrected chi connectivity index (χ2v) is 7.95. The number of halogens is 1. The van der Waals surface area contributed by atoms with Crippen molar-refractivity contribution in [1.82, 2.24) is 4.90 Å². The van der Waals surface area contributed by atoms with Gasteiger partial charge in [-0.1, -0.05) is 0 Å². The van der Waals surface area contributed by atoms with Gasteiger partial charge in [-0.05, 0) is 48.1 Å². The molecular formula is C15H20BrNO4S. The van der Waals surface area contributed by atoms with Crippen LogP contribution in [-0.2, 0) is 20.7 Å². The second-order valence-electron chi connectivity index (χ2n) is 6.10. The number of amides is 1. The van der Waals surface area contributed by atoms with Crippen LogP contribution in [0.2, 0.25) is 0 Å². The summed E-state index contributed by atoms with van der Waals surface area (Å²) in [5.74, 6) is -0.0336. The minimum atomic E-state index is -0.586. The Hall–Kier alpha value is -0.920. The zero-order chi connectivity index (χ0) is 16.3. The highest BCUT2D eigenvalue weighted by Gasteiger charge is 2.35. The van der Waals surface area contributed by atoms with E-state index in [-0.39, 0.29) is 18.8 Å². The lowest BCUT2D eigenvalue weighted by Gasteiger charge is -2.35. The number of ether oxygens (including phenoxy) is 2. The van der Waals surface area contributed by atoms with Gasteiger partial charge in [-0.15, -0.1) is 11.3 Å². The van der Waals surface area contributed by atoms with Crippen molar-refractivity contribution in [1.29, 1.82) is 0 Å². The summed E-state index contributed by atoms with van der Waals surface area (Å²) in [7, 11) is 0. The number of thiophene rings is 1. The molecule has 0 saturated carbocycles. The van der Waals surface area contributed by atoms with E-state index in [0.29, 0.717) is 13.2 Å². The van der Waals surface area contributed by atoms with Gasteiger partial charge in [-0.2, -0.15) is 0 Å². The molecule has 0 bridgehead atoms. The smallest absolute Gasteiger partial charge is 0.411 e. The summed E-state index contributed by atoms with van der Waals surface area (Å²) in [6.45, 7) is 6.45. The van der Waals surface area contributed by atoms with Crippen LogP contribution in [0.1, 0.15) is 25.6 Å². The summed E-state index contributed by atoms with van der Waals surface area (Å²) in [6, 6.07) is 1.33. The molecule has 1 aromatic rings. The fourth-order valence-corrected chi connectivity index (χ4v) is 3.64. The summed E-state index contributed by atoms with van der Waals surface area (Å²) in [5.41, 5.74) is -0.584. The van der Waals surface area contributed by atoms with Crippen LogP contribution in [0.5, 0.6) is 0 Å². The normalized spacial score (nSPS) is 19.1. The molecule has 1 amide bonds. The van der Waals surface area contributed by atoms with Gasteiger partial charge in [0.25, 0.3) is 0 Å². The SMILES string of the molecule is CC(C)(C)OC(=O)N1CCOCC1C(=O)Cc1sccc1Br. The molecule has 0 radical (unpaired) electrons. The molecule has 2 rings (SSSR count). The molecule has 22 heavy (non-hydrogen) atoms. The Labute approximate surface area is 142 Å². The molecule has 7 heteroatoms. The largest absolute Gasteiger partial charge is 0.444 e. The number of hydrogen-bond donors (Lipinski definition) is 0. The second kappa shape index (κ2) is 7.10. The molecule has 0 aliphatic carbocycles. The van der Waals surface area contributed by atoms with E-state index in [9.17, 15) is 9.59 Å². The van der Waals surface area contributed by atoms with E-state index in [1.807, 2.05) is 32.2 Å². The zero-order valence-corrected chi connectivity index (χ0v) is 15.3. The average Bonchev–Trinajstić information content (AvgIpc) is 2.82. The molecule has 0 spiro atoms.